The first-order valence-corrected chi connectivity index (χ1v) is 6.26. The number of carbonyl (C=O) groups is 1. The molecule has 1 aliphatic heterocycles. The van der Waals surface area contributed by atoms with Gasteiger partial charge >= 0.3 is 6.09 Å². The van der Waals surface area contributed by atoms with Crippen LogP contribution in [0.4, 0.5) is 4.79 Å². The summed E-state index contributed by atoms with van der Waals surface area (Å²) in [5, 5.41) is 0. The lowest BCUT2D eigenvalue weighted by atomic mass is 10.2. The fraction of sp³-hybridized carbons (Fsp3) is 0.909. The summed E-state index contributed by atoms with van der Waals surface area (Å²) >= 11 is 4.17. The quantitative estimate of drug-likeness (QED) is 0.758. The highest BCUT2D eigenvalue weighted by Crippen LogP contribution is 2.14. The van der Waals surface area contributed by atoms with Gasteiger partial charge in [-0.25, -0.2) is 4.79 Å². The fourth-order valence-corrected chi connectivity index (χ4v) is 1.82. The third kappa shape index (κ3) is 4.61. The molecule has 1 saturated heterocycles. The molecule has 1 heterocycles. The van der Waals surface area contributed by atoms with E-state index in [-0.39, 0.29) is 12.2 Å². The molecule has 1 amide bonds. The van der Waals surface area contributed by atoms with E-state index in [0.717, 1.165) is 12.2 Å². The number of nitrogens with zero attached hydrogens (tertiary/aromatic N) is 1. The summed E-state index contributed by atoms with van der Waals surface area (Å²) < 4.78 is 10.8. The molecule has 1 atom stereocenters. The Balaban J connectivity index is 2.44. The van der Waals surface area contributed by atoms with Crippen LogP contribution in [0.25, 0.3) is 0 Å². The first-order chi connectivity index (χ1) is 7.42. The molecule has 0 aromatic heterocycles. The molecule has 0 aromatic carbocycles. The molecule has 1 rings (SSSR count). The van der Waals surface area contributed by atoms with Crippen molar-refractivity contribution in [3.63, 3.8) is 0 Å². The van der Waals surface area contributed by atoms with Gasteiger partial charge in [0.05, 0.1) is 19.3 Å². The molecule has 94 valence electrons. The van der Waals surface area contributed by atoms with Crippen molar-refractivity contribution < 1.29 is 14.3 Å². The van der Waals surface area contributed by atoms with Crippen LogP contribution in [-0.2, 0) is 9.47 Å². The lowest BCUT2D eigenvalue weighted by Crippen LogP contribution is -2.47. The second-order valence-electron chi connectivity index (χ2n) is 4.93. The Labute approximate surface area is 103 Å². The summed E-state index contributed by atoms with van der Waals surface area (Å²) in [6, 6.07) is 0. The van der Waals surface area contributed by atoms with Crippen molar-refractivity contribution in [1.29, 1.82) is 0 Å². The van der Waals surface area contributed by atoms with Crippen LogP contribution in [0, 0.1) is 0 Å². The molecule has 5 heteroatoms. The number of rotatable bonds is 2. The lowest BCUT2D eigenvalue weighted by Gasteiger charge is -2.34. The Kier molecular flexibility index (Phi) is 4.92. The minimum absolute atomic E-state index is 0.0961. The fourth-order valence-electron chi connectivity index (χ4n) is 1.53. The third-order valence-electron chi connectivity index (χ3n) is 2.24. The van der Waals surface area contributed by atoms with E-state index in [1.807, 2.05) is 20.8 Å². The van der Waals surface area contributed by atoms with E-state index in [4.69, 9.17) is 9.47 Å². The molecule has 0 bridgehead atoms. The predicted octanol–water partition coefficient (Wildman–Crippen LogP) is 1.94. The topological polar surface area (TPSA) is 38.8 Å². The molecule has 0 N–H and O–H groups in total. The number of morpholine rings is 1. The first-order valence-electron chi connectivity index (χ1n) is 5.63. The minimum Gasteiger partial charge on any atom is -0.444 e. The van der Waals surface area contributed by atoms with E-state index in [9.17, 15) is 4.79 Å². The van der Waals surface area contributed by atoms with Gasteiger partial charge in [-0.15, -0.1) is 0 Å². The van der Waals surface area contributed by atoms with E-state index in [0.29, 0.717) is 19.7 Å². The summed E-state index contributed by atoms with van der Waals surface area (Å²) in [5.74, 6) is 0.771. The van der Waals surface area contributed by atoms with E-state index in [1.54, 1.807) is 4.90 Å². The molecule has 16 heavy (non-hydrogen) atoms. The van der Waals surface area contributed by atoms with Crippen LogP contribution in [0.2, 0.25) is 0 Å². The van der Waals surface area contributed by atoms with E-state index in [2.05, 4.69) is 12.6 Å². The van der Waals surface area contributed by atoms with Gasteiger partial charge in [-0.1, -0.05) is 0 Å². The van der Waals surface area contributed by atoms with Gasteiger partial charge < -0.3 is 14.4 Å². The summed E-state index contributed by atoms with van der Waals surface area (Å²) in [6.45, 7) is 7.41. The summed E-state index contributed by atoms with van der Waals surface area (Å²) in [6.07, 6.45) is 0.710. The van der Waals surface area contributed by atoms with Crippen molar-refractivity contribution in [2.75, 3.05) is 25.4 Å². The minimum atomic E-state index is -0.436. The second-order valence-corrected chi connectivity index (χ2v) is 5.38. The second kappa shape index (κ2) is 5.77. The van der Waals surface area contributed by atoms with E-state index < -0.39 is 5.60 Å². The highest BCUT2D eigenvalue weighted by molar-refractivity contribution is 7.80. The van der Waals surface area contributed by atoms with Gasteiger partial charge in [0.15, 0.2) is 0 Å². The van der Waals surface area contributed by atoms with Gasteiger partial charge in [0.1, 0.15) is 5.60 Å². The normalized spacial score (nSPS) is 22.0. The third-order valence-corrected chi connectivity index (χ3v) is 2.50. The van der Waals surface area contributed by atoms with Crippen molar-refractivity contribution in [2.45, 2.75) is 38.9 Å². The Morgan fingerprint density at radius 2 is 2.25 bits per heavy atom. The first kappa shape index (κ1) is 13.6. The maximum absolute atomic E-state index is 11.8. The number of carbonyl (C=O) groups excluding carboxylic acids is 1. The SMILES string of the molecule is CC(C)(C)OC(=O)N1CCOC(CCS)C1. The van der Waals surface area contributed by atoms with Crippen LogP contribution < -0.4 is 0 Å². The number of ether oxygens (including phenoxy) is 2. The van der Waals surface area contributed by atoms with Crippen molar-refractivity contribution in [3.05, 3.63) is 0 Å². The smallest absolute Gasteiger partial charge is 0.410 e. The van der Waals surface area contributed by atoms with E-state index in [1.165, 1.54) is 0 Å². The van der Waals surface area contributed by atoms with Gasteiger partial charge in [0.2, 0.25) is 0 Å². The highest BCUT2D eigenvalue weighted by Gasteiger charge is 2.27. The average molecular weight is 247 g/mol. The molecule has 0 saturated carbocycles. The molecule has 0 aromatic rings. The molecule has 1 aliphatic rings. The molecular weight excluding hydrogens is 226 g/mol. The van der Waals surface area contributed by atoms with Crippen LogP contribution in [0.1, 0.15) is 27.2 Å². The molecule has 4 nitrogen and oxygen atoms in total. The van der Waals surface area contributed by atoms with Gasteiger partial charge in [-0.05, 0) is 32.9 Å². The van der Waals surface area contributed by atoms with Crippen molar-refractivity contribution in [1.82, 2.24) is 4.90 Å². The Morgan fingerprint density at radius 1 is 1.56 bits per heavy atom. The molecule has 1 unspecified atom stereocenters. The zero-order valence-corrected chi connectivity index (χ0v) is 11.1. The largest absolute Gasteiger partial charge is 0.444 e. The zero-order chi connectivity index (χ0) is 12.2. The van der Waals surface area contributed by atoms with Gasteiger partial charge in [0, 0.05) is 6.54 Å². The maximum Gasteiger partial charge on any atom is 0.410 e. The molecule has 0 radical (unpaired) electrons. The van der Waals surface area contributed by atoms with Gasteiger partial charge in [0.25, 0.3) is 0 Å². The highest BCUT2D eigenvalue weighted by atomic mass is 32.1. The molecule has 0 spiro atoms. The maximum atomic E-state index is 11.8. The Hall–Kier alpha value is -0.420. The molecule has 0 aliphatic carbocycles. The molecular formula is C11H21NO3S. The lowest BCUT2D eigenvalue weighted by molar-refractivity contribution is -0.0424. The van der Waals surface area contributed by atoms with Crippen molar-refractivity contribution in [3.8, 4) is 0 Å². The number of hydrogen-bond acceptors (Lipinski definition) is 4. The standard InChI is InChI=1S/C11H21NO3S/c1-11(2,3)15-10(13)12-5-6-14-9(8-12)4-7-16/h9,16H,4-8H2,1-3H3. The number of amides is 1. The van der Waals surface area contributed by atoms with Gasteiger partial charge in [-0.3, -0.25) is 0 Å². The van der Waals surface area contributed by atoms with Crippen LogP contribution in [0.15, 0.2) is 0 Å². The number of hydrogen-bond donors (Lipinski definition) is 1. The predicted molar refractivity (Wildman–Crippen MR) is 66.0 cm³/mol. The average Bonchev–Trinajstić information content (AvgIpc) is 2.16. The summed E-state index contributed by atoms with van der Waals surface area (Å²) in [5.41, 5.74) is -0.436. The monoisotopic (exact) mass is 247 g/mol. The van der Waals surface area contributed by atoms with Crippen LogP contribution in [0.5, 0.6) is 0 Å². The van der Waals surface area contributed by atoms with Crippen LogP contribution in [-0.4, -0.2) is 48.1 Å². The van der Waals surface area contributed by atoms with Crippen LogP contribution >= 0.6 is 12.6 Å². The Bertz CT molecular complexity index is 238. The zero-order valence-electron chi connectivity index (χ0n) is 10.2. The van der Waals surface area contributed by atoms with Gasteiger partial charge in [-0.2, -0.15) is 12.6 Å². The van der Waals surface area contributed by atoms with Crippen LogP contribution in [0.3, 0.4) is 0 Å². The van der Waals surface area contributed by atoms with Crippen molar-refractivity contribution >= 4 is 18.7 Å². The Morgan fingerprint density at radius 3 is 2.81 bits per heavy atom. The summed E-state index contributed by atoms with van der Waals surface area (Å²) in [4.78, 5) is 13.5. The number of thiol groups is 1. The summed E-state index contributed by atoms with van der Waals surface area (Å²) in [7, 11) is 0. The van der Waals surface area contributed by atoms with E-state index >= 15 is 0 Å². The van der Waals surface area contributed by atoms with Crippen molar-refractivity contribution in [2.24, 2.45) is 0 Å². The molecule has 1 fully saturated rings.